The Kier molecular flexibility index (Phi) is 3.43. The predicted molar refractivity (Wildman–Crippen MR) is 74.5 cm³/mol. The molecule has 0 spiro atoms. The maximum atomic E-state index is 12.2. The van der Waals surface area contributed by atoms with Crippen LogP contribution in [-0.4, -0.2) is 18.0 Å². The molecule has 1 aliphatic rings. The first-order chi connectivity index (χ1) is 8.78. The Bertz CT molecular complexity index is 515. The van der Waals surface area contributed by atoms with Crippen LogP contribution in [0.3, 0.4) is 0 Å². The lowest BCUT2D eigenvalue weighted by molar-refractivity contribution is -0.138. The number of methoxy groups -OCH3 is 1. The lowest BCUT2D eigenvalue weighted by Crippen LogP contribution is -2.39. The van der Waals surface area contributed by atoms with E-state index >= 15 is 0 Å². The highest BCUT2D eigenvalue weighted by Gasteiger charge is 2.42. The van der Waals surface area contributed by atoms with Crippen LogP contribution >= 0.6 is 0 Å². The normalized spacial score (nSPS) is 26.5. The van der Waals surface area contributed by atoms with E-state index in [1.165, 1.54) is 0 Å². The van der Waals surface area contributed by atoms with E-state index in [0.717, 1.165) is 16.9 Å². The van der Waals surface area contributed by atoms with Gasteiger partial charge in [-0.2, -0.15) is 0 Å². The first-order valence-corrected chi connectivity index (χ1v) is 6.73. The van der Waals surface area contributed by atoms with Gasteiger partial charge in [-0.1, -0.05) is 19.9 Å². The number of hydrogen-bond acceptors (Lipinski definition) is 3. The van der Waals surface area contributed by atoms with Crippen LogP contribution in [0.25, 0.3) is 0 Å². The summed E-state index contributed by atoms with van der Waals surface area (Å²) in [5.41, 5.74) is 1.42. The number of ether oxygens (including phenoxy) is 1. The third kappa shape index (κ3) is 2.16. The Morgan fingerprint density at radius 3 is 2.58 bits per heavy atom. The largest absolute Gasteiger partial charge is 0.496 e. The van der Waals surface area contributed by atoms with Gasteiger partial charge in [-0.15, -0.1) is 0 Å². The topological polar surface area (TPSA) is 46.5 Å². The van der Waals surface area contributed by atoms with Crippen molar-refractivity contribution in [3.8, 4) is 5.75 Å². The van der Waals surface area contributed by atoms with Crippen molar-refractivity contribution >= 4 is 5.78 Å². The van der Waals surface area contributed by atoms with Crippen molar-refractivity contribution < 1.29 is 14.6 Å². The summed E-state index contributed by atoms with van der Waals surface area (Å²) in [6.07, 6.45) is 0.406. The van der Waals surface area contributed by atoms with Crippen molar-refractivity contribution in [2.45, 2.75) is 45.6 Å². The minimum atomic E-state index is -1.40. The maximum Gasteiger partial charge on any atom is 0.169 e. The lowest BCUT2D eigenvalue weighted by atomic mass is 9.70. The van der Waals surface area contributed by atoms with Crippen molar-refractivity contribution in [1.82, 2.24) is 0 Å². The van der Waals surface area contributed by atoms with E-state index in [0.29, 0.717) is 17.9 Å². The van der Waals surface area contributed by atoms with E-state index in [2.05, 4.69) is 19.9 Å². The molecule has 1 aromatic carbocycles. The van der Waals surface area contributed by atoms with Crippen LogP contribution < -0.4 is 4.74 Å². The molecule has 104 valence electrons. The van der Waals surface area contributed by atoms with E-state index < -0.39 is 5.60 Å². The molecule has 19 heavy (non-hydrogen) atoms. The van der Waals surface area contributed by atoms with Crippen LogP contribution in [0.4, 0.5) is 0 Å². The number of aliphatic hydroxyl groups is 1. The van der Waals surface area contributed by atoms with Crippen molar-refractivity contribution in [3.05, 3.63) is 28.8 Å². The predicted octanol–water partition coefficient (Wildman–Crippen LogP) is 2.92. The SMILES string of the molecule is COc1cc2c(cc1C)C(C(C)C)CC(=O)[C@]2(C)O. The minimum absolute atomic E-state index is 0.107. The molecule has 1 aromatic rings. The summed E-state index contributed by atoms with van der Waals surface area (Å²) in [5.74, 6) is 1.15. The van der Waals surface area contributed by atoms with Crippen LogP contribution in [0.5, 0.6) is 5.75 Å². The summed E-state index contributed by atoms with van der Waals surface area (Å²) >= 11 is 0. The fourth-order valence-electron chi connectivity index (χ4n) is 2.91. The molecular weight excluding hydrogens is 240 g/mol. The van der Waals surface area contributed by atoms with Crippen LogP contribution in [0.1, 0.15) is 49.8 Å². The number of Topliss-reactive ketones (excluding diaryl/α,β-unsaturated/α-hetero) is 1. The number of benzene rings is 1. The summed E-state index contributed by atoms with van der Waals surface area (Å²) in [7, 11) is 1.61. The number of aryl methyl sites for hydroxylation is 1. The van der Waals surface area contributed by atoms with Gasteiger partial charge in [0.25, 0.3) is 0 Å². The van der Waals surface area contributed by atoms with Gasteiger partial charge in [-0.3, -0.25) is 4.79 Å². The number of rotatable bonds is 2. The highest BCUT2D eigenvalue weighted by molar-refractivity contribution is 5.91. The molecule has 0 heterocycles. The van der Waals surface area contributed by atoms with Gasteiger partial charge in [0, 0.05) is 6.42 Å². The second kappa shape index (κ2) is 4.64. The van der Waals surface area contributed by atoms with E-state index in [-0.39, 0.29) is 11.7 Å². The van der Waals surface area contributed by atoms with E-state index in [9.17, 15) is 9.90 Å². The van der Waals surface area contributed by atoms with Gasteiger partial charge in [0.1, 0.15) is 11.4 Å². The molecule has 0 amide bonds. The third-order valence-corrected chi connectivity index (χ3v) is 4.24. The van der Waals surface area contributed by atoms with Gasteiger partial charge >= 0.3 is 0 Å². The Hall–Kier alpha value is -1.35. The fraction of sp³-hybridized carbons (Fsp3) is 0.562. The fourth-order valence-corrected chi connectivity index (χ4v) is 2.91. The molecule has 0 saturated heterocycles. The molecule has 2 rings (SSSR count). The molecule has 3 nitrogen and oxygen atoms in total. The molecule has 3 heteroatoms. The van der Waals surface area contributed by atoms with E-state index in [4.69, 9.17) is 4.74 Å². The molecule has 0 radical (unpaired) electrons. The smallest absolute Gasteiger partial charge is 0.169 e. The van der Waals surface area contributed by atoms with Crippen molar-refractivity contribution in [2.75, 3.05) is 7.11 Å². The molecule has 0 saturated carbocycles. The second-order valence-electron chi connectivity index (χ2n) is 5.96. The number of fused-ring (bicyclic) bond motifs is 1. The average molecular weight is 262 g/mol. The summed E-state index contributed by atoms with van der Waals surface area (Å²) in [4.78, 5) is 12.2. The molecule has 0 aliphatic heterocycles. The molecule has 2 atom stereocenters. The van der Waals surface area contributed by atoms with Crippen molar-refractivity contribution in [3.63, 3.8) is 0 Å². The first-order valence-electron chi connectivity index (χ1n) is 6.73. The van der Waals surface area contributed by atoms with E-state index in [1.54, 1.807) is 14.0 Å². The summed E-state index contributed by atoms with van der Waals surface area (Å²) in [6, 6.07) is 3.87. The zero-order chi connectivity index (χ0) is 14.4. The number of ketones is 1. The maximum absolute atomic E-state index is 12.2. The summed E-state index contributed by atoms with van der Waals surface area (Å²) < 4.78 is 5.31. The standard InChI is InChI=1S/C16H22O3/c1-9(2)11-7-15(17)16(4,18)13-8-14(19-5)10(3)6-12(11)13/h6,8-9,11,18H,7H2,1-5H3/t11?,16-/m1/s1. The quantitative estimate of drug-likeness (QED) is 0.891. The van der Waals surface area contributed by atoms with Gasteiger partial charge in [-0.25, -0.2) is 0 Å². The Labute approximate surface area is 114 Å². The first kappa shape index (κ1) is 14.1. The second-order valence-corrected chi connectivity index (χ2v) is 5.96. The highest BCUT2D eigenvalue weighted by Crippen LogP contribution is 2.44. The Balaban J connectivity index is 2.68. The van der Waals surface area contributed by atoms with Crippen LogP contribution in [0, 0.1) is 12.8 Å². The minimum Gasteiger partial charge on any atom is -0.496 e. The number of carbonyl (C=O) groups is 1. The average Bonchev–Trinajstić information content (AvgIpc) is 2.33. The molecule has 1 aliphatic carbocycles. The van der Waals surface area contributed by atoms with Crippen LogP contribution in [0.15, 0.2) is 12.1 Å². The van der Waals surface area contributed by atoms with Gasteiger partial charge in [0.2, 0.25) is 0 Å². The van der Waals surface area contributed by atoms with Crippen LogP contribution in [-0.2, 0) is 10.4 Å². The van der Waals surface area contributed by atoms with Crippen LogP contribution in [0.2, 0.25) is 0 Å². The van der Waals surface area contributed by atoms with Gasteiger partial charge in [0.05, 0.1) is 7.11 Å². The van der Waals surface area contributed by atoms with Gasteiger partial charge in [-0.05, 0) is 48.4 Å². The zero-order valence-corrected chi connectivity index (χ0v) is 12.3. The summed E-state index contributed by atoms with van der Waals surface area (Å²) in [6.45, 7) is 7.80. The molecule has 0 bridgehead atoms. The lowest BCUT2D eigenvalue weighted by Gasteiger charge is -2.37. The molecule has 0 fully saturated rings. The van der Waals surface area contributed by atoms with E-state index in [1.807, 2.05) is 13.0 Å². The Morgan fingerprint density at radius 1 is 1.42 bits per heavy atom. The van der Waals surface area contributed by atoms with Crippen molar-refractivity contribution in [1.29, 1.82) is 0 Å². The monoisotopic (exact) mass is 262 g/mol. The van der Waals surface area contributed by atoms with Gasteiger partial charge < -0.3 is 9.84 Å². The summed E-state index contributed by atoms with van der Waals surface area (Å²) in [5, 5.41) is 10.5. The molecule has 0 aromatic heterocycles. The van der Waals surface area contributed by atoms with Crippen molar-refractivity contribution in [2.24, 2.45) is 5.92 Å². The molecule has 1 unspecified atom stereocenters. The highest BCUT2D eigenvalue weighted by atomic mass is 16.5. The van der Waals surface area contributed by atoms with Gasteiger partial charge in [0.15, 0.2) is 5.78 Å². The number of carbonyl (C=O) groups excluding carboxylic acids is 1. The zero-order valence-electron chi connectivity index (χ0n) is 12.3. The number of hydrogen-bond donors (Lipinski definition) is 1. The Morgan fingerprint density at radius 2 is 2.05 bits per heavy atom. The third-order valence-electron chi connectivity index (χ3n) is 4.24. The molecule has 1 N–H and O–H groups in total. The molecular formula is C16H22O3.